The molecule has 29 heavy (non-hydrogen) atoms. The predicted octanol–water partition coefficient (Wildman–Crippen LogP) is 4.36. The van der Waals surface area contributed by atoms with Gasteiger partial charge >= 0.3 is 6.03 Å². The fraction of sp³-hybridized carbons (Fsp3) is 0.0476. The van der Waals surface area contributed by atoms with Gasteiger partial charge in [-0.1, -0.05) is 17.7 Å². The second-order valence-corrected chi connectivity index (χ2v) is 6.36. The summed E-state index contributed by atoms with van der Waals surface area (Å²) in [7, 11) is 0. The summed E-state index contributed by atoms with van der Waals surface area (Å²) >= 11 is 0. The van der Waals surface area contributed by atoms with E-state index in [9.17, 15) is 4.79 Å². The van der Waals surface area contributed by atoms with Gasteiger partial charge in [-0.3, -0.25) is 0 Å². The molecule has 3 N–H and O–H groups in total. The molecule has 0 aliphatic heterocycles. The van der Waals surface area contributed by atoms with Crippen LogP contribution in [-0.2, 0) is 0 Å². The Morgan fingerprint density at radius 1 is 0.897 bits per heavy atom. The van der Waals surface area contributed by atoms with E-state index in [1.165, 1.54) is 6.33 Å². The van der Waals surface area contributed by atoms with E-state index in [1.54, 1.807) is 16.9 Å². The van der Waals surface area contributed by atoms with Crippen molar-refractivity contribution in [2.75, 3.05) is 16.0 Å². The van der Waals surface area contributed by atoms with Crippen molar-refractivity contribution in [1.82, 2.24) is 19.7 Å². The number of nitrogens with zero attached hydrogens (tertiary/aromatic N) is 4. The van der Waals surface area contributed by atoms with Gasteiger partial charge in [0.1, 0.15) is 12.1 Å². The van der Waals surface area contributed by atoms with Crippen LogP contribution in [-0.4, -0.2) is 25.8 Å². The normalized spacial score (nSPS) is 10.4. The molecule has 0 atom stereocenters. The third-order valence-electron chi connectivity index (χ3n) is 4.12. The standard InChI is InChI=1S/C21H19N7O/c1-15-3-5-17(6-4-15)26-21(29)27-18-9-7-16(8-10-18)25-19-13-20(23-14-22-19)28-12-2-11-24-28/h2-14H,1H3,(H,22,23,25)(H2,26,27,29). The van der Waals surface area contributed by atoms with Crippen molar-refractivity contribution in [2.45, 2.75) is 6.92 Å². The monoisotopic (exact) mass is 385 g/mol. The summed E-state index contributed by atoms with van der Waals surface area (Å²) in [4.78, 5) is 20.6. The highest BCUT2D eigenvalue weighted by atomic mass is 16.2. The molecule has 0 aliphatic carbocycles. The summed E-state index contributed by atoms with van der Waals surface area (Å²) < 4.78 is 1.66. The highest BCUT2D eigenvalue weighted by molar-refractivity contribution is 5.99. The molecule has 4 rings (SSSR count). The van der Waals surface area contributed by atoms with Crippen LogP contribution in [0.1, 0.15) is 5.56 Å². The lowest BCUT2D eigenvalue weighted by molar-refractivity contribution is 0.262. The summed E-state index contributed by atoms with van der Waals surface area (Å²) in [6.45, 7) is 2.00. The number of hydrogen-bond donors (Lipinski definition) is 3. The number of rotatable bonds is 5. The smallest absolute Gasteiger partial charge is 0.323 e. The Bertz CT molecular complexity index is 1090. The lowest BCUT2D eigenvalue weighted by atomic mass is 10.2. The van der Waals surface area contributed by atoms with E-state index in [2.05, 4.69) is 31.0 Å². The zero-order chi connectivity index (χ0) is 20.1. The van der Waals surface area contributed by atoms with Gasteiger partial charge in [0.05, 0.1) is 0 Å². The van der Waals surface area contributed by atoms with Crippen LogP contribution in [0.15, 0.2) is 79.4 Å². The molecule has 0 aliphatic rings. The van der Waals surface area contributed by atoms with Crippen molar-refractivity contribution in [3.05, 3.63) is 84.9 Å². The topological polar surface area (TPSA) is 96.8 Å². The number of carbonyl (C=O) groups is 1. The molecule has 0 bridgehead atoms. The van der Waals surface area contributed by atoms with E-state index < -0.39 is 0 Å². The summed E-state index contributed by atoms with van der Waals surface area (Å²) in [6, 6.07) is 18.3. The average molecular weight is 385 g/mol. The van der Waals surface area contributed by atoms with Crippen LogP contribution >= 0.6 is 0 Å². The van der Waals surface area contributed by atoms with Gasteiger partial charge in [0.15, 0.2) is 5.82 Å². The van der Waals surface area contributed by atoms with Crippen molar-refractivity contribution < 1.29 is 4.79 Å². The molecule has 0 radical (unpaired) electrons. The average Bonchev–Trinajstić information content (AvgIpc) is 3.26. The number of benzene rings is 2. The van der Waals surface area contributed by atoms with Gasteiger partial charge in [-0.15, -0.1) is 0 Å². The first-order chi connectivity index (χ1) is 14.2. The largest absolute Gasteiger partial charge is 0.340 e. The first kappa shape index (κ1) is 18.2. The number of carbonyl (C=O) groups excluding carboxylic acids is 1. The van der Waals surface area contributed by atoms with Crippen molar-refractivity contribution in [3.63, 3.8) is 0 Å². The van der Waals surface area contributed by atoms with Crippen molar-refractivity contribution in [2.24, 2.45) is 0 Å². The number of urea groups is 1. The van der Waals surface area contributed by atoms with E-state index in [0.29, 0.717) is 17.3 Å². The minimum atomic E-state index is -0.297. The van der Waals surface area contributed by atoms with Crippen LogP contribution in [0.3, 0.4) is 0 Å². The highest BCUT2D eigenvalue weighted by Crippen LogP contribution is 2.19. The lowest BCUT2D eigenvalue weighted by Crippen LogP contribution is -2.19. The van der Waals surface area contributed by atoms with E-state index in [-0.39, 0.29) is 6.03 Å². The van der Waals surface area contributed by atoms with E-state index in [0.717, 1.165) is 16.9 Å². The zero-order valence-electron chi connectivity index (χ0n) is 15.7. The fourth-order valence-corrected chi connectivity index (χ4v) is 2.66. The molecule has 8 heteroatoms. The Balaban J connectivity index is 1.37. The molecule has 0 saturated heterocycles. The van der Waals surface area contributed by atoms with Gasteiger partial charge in [-0.05, 0) is 49.4 Å². The first-order valence-corrected chi connectivity index (χ1v) is 8.99. The van der Waals surface area contributed by atoms with Crippen LogP contribution < -0.4 is 16.0 Å². The van der Waals surface area contributed by atoms with Crippen LogP contribution in [0, 0.1) is 6.92 Å². The van der Waals surface area contributed by atoms with Crippen LogP contribution in [0.5, 0.6) is 0 Å². The Morgan fingerprint density at radius 2 is 1.55 bits per heavy atom. The maximum atomic E-state index is 12.1. The van der Waals surface area contributed by atoms with E-state index >= 15 is 0 Å². The Labute approximate surface area is 167 Å². The van der Waals surface area contributed by atoms with Gasteiger partial charge in [0, 0.05) is 35.5 Å². The molecule has 2 aromatic heterocycles. The van der Waals surface area contributed by atoms with Gasteiger partial charge in [-0.2, -0.15) is 5.10 Å². The van der Waals surface area contributed by atoms with Gasteiger partial charge in [0.25, 0.3) is 0 Å². The first-order valence-electron chi connectivity index (χ1n) is 8.99. The maximum absolute atomic E-state index is 12.1. The third kappa shape index (κ3) is 4.75. The van der Waals surface area contributed by atoms with Crippen LogP contribution in [0.25, 0.3) is 5.82 Å². The molecular formula is C21H19N7O. The molecule has 2 amide bonds. The zero-order valence-corrected chi connectivity index (χ0v) is 15.7. The Kier molecular flexibility index (Phi) is 5.15. The summed E-state index contributed by atoms with van der Waals surface area (Å²) in [6.07, 6.45) is 4.98. The number of hydrogen-bond acceptors (Lipinski definition) is 5. The second kappa shape index (κ2) is 8.22. The Hall–Kier alpha value is -4.20. The minimum Gasteiger partial charge on any atom is -0.340 e. The van der Waals surface area contributed by atoms with Crippen molar-refractivity contribution in [3.8, 4) is 5.82 Å². The van der Waals surface area contributed by atoms with Gasteiger partial charge in [0.2, 0.25) is 0 Å². The molecule has 0 fully saturated rings. The van der Waals surface area contributed by atoms with Crippen LogP contribution in [0.4, 0.5) is 27.7 Å². The third-order valence-corrected chi connectivity index (χ3v) is 4.12. The SMILES string of the molecule is Cc1ccc(NC(=O)Nc2ccc(Nc3cc(-n4cccn4)ncn3)cc2)cc1. The molecule has 2 aromatic carbocycles. The molecule has 0 spiro atoms. The minimum absolute atomic E-state index is 0.297. The molecule has 0 unspecified atom stereocenters. The quantitative estimate of drug-likeness (QED) is 0.474. The molecule has 2 heterocycles. The van der Waals surface area contributed by atoms with Crippen molar-refractivity contribution in [1.29, 1.82) is 0 Å². The second-order valence-electron chi connectivity index (χ2n) is 6.36. The highest BCUT2D eigenvalue weighted by Gasteiger charge is 2.04. The number of aromatic nitrogens is 4. The molecular weight excluding hydrogens is 366 g/mol. The fourth-order valence-electron chi connectivity index (χ4n) is 2.66. The van der Waals surface area contributed by atoms with Gasteiger partial charge in [-0.25, -0.2) is 19.4 Å². The molecule has 8 nitrogen and oxygen atoms in total. The van der Waals surface area contributed by atoms with E-state index in [1.807, 2.05) is 67.7 Å². The number of anilines is 4. The van der Waals surface area contributed by atoms with Crippen molar-refractivity contribution >= 4 is 28.9 Å². The molecule has 0 saturated carbocycles. The lowest BCUT2D eigenvalue weighted by Gasteiger charge is -2.10. The summed E-state index contributed by atoms with van der Waals surface area (Å²) in [5.74, 6) is 1.31. The maximum Gasteiger partial charge on any atom is 0.323 e. The number of aryl methyl sites for hydroxylation is 1. The number of amides is 2. The van der Waals surface area contributed by atoms with Crippen LogP contribution in [0.2, 0.25) is 0 Å². The Morgan fingerprint density at radius 3 is 2.21 bits per heavy atom. The van der Waals surface area contributed by atoms with E-state index in [4.69, 9.17) is 0 Å². The summed E-state index contributed by atoms with van der Waals surface area (Å²) in [5.41, 5.74) is 3.39. The summed E-state index contributed by atoms with van der Waals surface area (Å²) in [5, 5.41) is 13.0. The molecule has 4 aromatic rings. The number of nitrogens with one attached hydrogen (secondary N) is 3. The molecule has 144 valence electrons. The predicted molar refractivity (Wildman–Crippen MR) is 113 cm³/mol. The van der Waals surface area contributed by atoms with Gasteiger partial charge < -0.3 is 16.0 Å².